The van der Waals surface area contributed by atoms with Crippen LogP contribution in [0.4, 0.5) is 0 Å². The molecule has 0 aliphatic rings. The molecule has 0 heterocycles. The Balaban J connectivity index is 3.00. The van der Waals surface area contributed by atoms with Gasteiger partial charge < -0.3 is 24.4 Å². The second-order valence-corrected chi connectivity index (χ2v) is 4.38. The summed E-state index contributed by atoms with van der Waals surface area (Å²) in [7, 11) is 4.42. The third-order valence-electron chi connectivity index (χ3n) is 3.02. The maximum absolute atomic E-state index is 11.1. The number of rotatable bonds is 9. The van der Waals surface area contributed by atoms with E-state index < -0.39 is 24.4 Å². The molecule has 0 aromatic heterocycles. The van der Waals surface area contributed by atoms with Crippen molar-refractivity contribution in [2.24, 2.45) is 0 Å². The first-order valence-electron chi connectivity index (χ1n) is 6.39. The maximum Gasteiger partial charge on any atom is 0.321 e. The predicted molar refractivity (Wildman–Crippen MR) is 76.6 cm³/mol. The topological polar surface area (TPSA) is 114 Å². The van der Waals surface area contributed by atoms with Crippen LogP contribution in [-0.2, 0) is 16.1 Å². The Kier molecular flexibility index (Phi) is 6.46. The minimum atomic E-state index is -1.24. The second-order valence-electron chi connectivity index (χ2n) is 4.38. The molecule has 0 bridgehead atoms. The van der Waals surface area contributed by atoms with Gasteiger partial charge in [0.2, 0.25) is 0 Å². The molecule has 0 spiro atoms. The number of aliphatic carboxylic acids is 2. The van der Waals surface area contributed by atoms with Crippen molar-refractivity contribution in [3.63, 3.8) is 0 Å². The van der Waals surface area contributed by atoms with Gasteiger partial charge in [0.05, 0.1) is 33.3 Å². The Morgan fingerprint density at radius 1 is 1.09 bits per heavy atom. The number of nitrogens with one attached hydrogen (secondary N) is 1. The van der Waals surface area contributed by atoms with Gasteiger partial charge in [-0.05, 0) is 0 Å². The second kappa shape index (κ2) is 8.08. The van der Waals surface area contributed by atoms with Crippen LogP contribution in [0, 0.1) is 0 Å². The molecule has 1 aromatic carbocycles. The molecule has 0 saturated heterocycles. The molecule has 1 aromatic rings. The van der Waals surface area contributed by atoms with E-state index in [-0.39, 0.29) is 6.54 Å². The Bertz CT molecular complexity index is 519. The lowest BCUT2D eigenvalue weighted by Gasteiger charge is -2.17. The van der Waals surface area contributed by atoms with Crippen molar-refractivity contribution in [1.29, 1.82) is 0 Å². The molecule has 0 fully saturated rings. The van der Waals surface area contributed by atoms with Gasteiger partial charge in [-0.3, -0.25) is 14.9 Å². The minimum Gasteiger partial charge on any atom is -0.496 e. The fourth-order valence-electron chi connectivity index (χ4n) is 1.90. The number of carboxylic acid groups (broad SMARTS) is 2. The summed E-state index contributed by atoms with van der Waals surface area (Å²) >= 11 is 0. The largest absolute Gasteiger partial charge is 0.496 e. The van der Waals surface area contributed by atoms with Gasteiger partial charge in [-0.25, -0.2) is 0 Å². The molecule has 1 rings (SSSR count). The summed E-state index contributed by atoms with van der Waals surface area (Å²) < 4.78 is 15.6. The predicted octanol–water partition coefficient (Wildman–Crippen LogP) is 0.730. The smallest absolute Gasteiger partial charge is 0.321 e. The van der Waals surface area contributed by atoms with Gasteiger partial charge in [0.25, 0.3) is 0 Å². The standard InChI is InChI=1S/C14H19NO7/c1-20-8-4-11(21-2)9(12(5-8)22-3)7-15-10(14(18)19)6-13(16)17/h4-5,10,15H,6-7H2,1-3H3,(H,16,17)(H,18,19)/t10-/m0/s1. The monoisotopic (exact) mass is 313 g/mol. The third kappa shape index (κ3) is 4.52. The van der Waals surface area contributed by atoms with E-state index in [0.717, 1.165) is 0 Å². The van der Waals surface area contributed by atoms with E-state index in [1.165, 1.54) is 21.3 Å². The van der Waals surface area contributed by atoms with Crippen LogP contribution in [0.1, 0.15) is 12.0 Å². The van der Waals surface area contributed by atoms with Gasteiger partial charge in [0.15, 0.2) is 0 Å². The SMILES string of the molecule is COc1cc(OC)c(CN[C@@H](CC(=O)O)C(=O)O)c(OC)c1. The zero-order valence-electron chi connectivity index (χ0n) is 12.6. The molecule has 8 heteroatoms. The van der Waals surface area contributed by atoms with E-state index >= 15 is 0 Å². The van der Waals surface area contributed by atoms with E-state index in [1.807, 2.05) is 0 Å². The lowest BCUT2D eigenvalue weighted by Crippen LogP contribution is -2.38. The third-order valence-corrected chi connectivity index (χ3v) is 3.02. The first-order chi connectivity index (χ1) is 10.4. The number of ether oxygens (including phenoxy) is 3. The van der Waals surface area contributed by atoms with Crippen molar-refractivity contribution in [2.75, 3.05) is 21.3 Å². The molecule has 3 N–H and O–H groups in total. The lowest BCUT2D eigenvalue weighted by atomic mass is 10.1. The number of benzene rings is 1. The molecule has 1 atom stereocenters. The van der Waals surface area contributed by atoms with Crippen molar-refractivity contribution in [3.05, 3.63) is 17.7 Å². The van der Waals surface area contributed by atoms with E-state index in [4.69, 9.17) is 24.4 Å². The van der Waals surface area contributed by atoms with Gasteiger partial charge in [-0.2, -0.15) is 0 Å². The highest BCUT2D eigenvalue weighted by Crippen LogP contribution is 2.33. The van der Waals surface area contributed by atoms with Crippen LogP contribution in [0.15, 0.2) is 12.1 Å². The summed E-state index contributed by atoms with van der Waals surface area (Å²) in [5.41, 5.74) is 0.572. The summed E-state index contributed by atoms with van der Waals surface area (Å²) in [6.45, 7) is 0.0700. The summed E-state index contributed by atoms with van der Waals surface area (Å²) in [6, 6.07) is 2.05. The van der Waals surface area contributed by atoms with Gasteiger partial charge in [0, 0.05) is 18.7 Å². The molecule has 22 heavy (non-hydrogen) atoms. The summed E-state index contributed by atoms with van der Waals surface area (Å²) in [5.74, 6) is -1.02. The van der Waals surface area contributed by atoms with Gasteiger partial charge in [-0.1, -0.05) is 0 Å². The fraction of sp³-hybridized carbons (Fsp3) is 0.429. The Hall–Kier alpha value is -2.48. The van der Waals surface area contributed by atoms with E-state index in [2.05, 4.69) is 5.32 Å². The highest BCUT2D eigenvalue weighted by Gasteiger charge is 2.22. The average molecular weight is 313 g/mol. The first kappa shape index (κ1) is 17.6. The maximum atomic E-state index is 11.1. The highest BCUT2D eigenvalue weighted by molar-refractivity contribution is 5.80. The number of hydrogen-bond acceptors (Lipinski definition) is 6. The molecular formula is C14H19NO7. The van der Waals surface area contributed by atoms with Crippen LogP contribution in [0.25, 0.3) is 0 Å². The lowest BCUT2D eigenvalue weighted by molar-refractivity contribution is -0.146. The molecule has 0 unspecified atom stereocenters. The van der Waals surface area contributed by atoms with Crippen molar-refractivity contribution >= 4 is 11.9 Å². The molecule has 122 valence electrons. The Morgan fingerprint density at radius 2 is 1.64 bits per heavy atom. The van der Waals surface area contributed by atoms with E-state index in [1.54, 1.807) is 12.1 Å². The molecule has 0 radical (unpaired) electrons. The van der Waals surface area contributed by atoms with Crippen molar-refractivity contribution in [1.82, 2.24) is 5.32 Å². The first-order valence-corrected chi connectivity index (χ1v) is 6.39. The van der Waals surface area contributed by atoms with Crippen molar-refractivity contribution in [3.8, 4) is 17.2 Å². The highest BCUT2D eigenvalue weighted by atomic mass is 16.5. The van der Waals surface area contributed by atoms with Crippen LogP contribution >= 0.6 is 0 Å². The molecule has 0 aliphatic carbocycles. The Labute approximate surface area is 127 Å². The van der Waals surface area contributed by atoms with Gasteiger partial charge in [-0.15, -0.1) is 0 Å². The zero-order valence-corrected chi connectivity index (χ0v) is 12.6. The normalized spacial score (nSPS) is 11.6. The van der Waals surface area contributed by atoms with Gasteiger partial charge in [0.1, 0.15) is 23.3 Å². The summed E-state index contributed by atoms with van der Waals surface area (Å²) in [6.07, 6.45) is -0.532. The van der Waals surface area contributed by atoms with Crippen LogP contribution in [0.2, 0.25) is 0 Å². The quantitative estimate of drug-likeness (QED) is 0.611. The number of carboxylic acids is 2. The van der Waals surface area contributed by atoms with Crippen molar-refractivity contribution < 1.29 is 34.0 Å². The molecular weight excluding hydrogens is 294 g/mol. The molecule has 8 nitrogen and oxygen atoms in total. The summed E-state index contributed by atoms with van der Waals surface area (Å²) in [4.78, 5) is 21.7. The Morgan fingerprint density at radius 3 is 2.00 bits per heavy atom. The average Bonchev–Trinajstić information content (AvgIpc) is 2.49. The number of methoxy groups -OCH3 is 3. The number of carbonyl (C=O) groups is 2. The summed E-state index contributed by atoms with van der Waals surface area (Å²) in [5, 5.41) is 20.4. The minimum absolute atomic E-state index is 0.0700. The van der Waals surface area contributed by atoms with Crippen LogP contribution in [0.5, 0.6) is 17.2 Å². The van der Waals surface area contributed by atoms with Gasteiger partial charge >= 0.3 is 11.9 Å². The van der Waals surface area contributed by atoms with E-state index in [9.17, 15) is 9.59 Å². The van der Waals surface area contributed by atoms with Crippen molar-refractivity contribution in [2.45, 2.75) is 19.0 Å². The molecule has 0 amide bonds. The van der Waals surface area contributed by atoms with E-state index in [0.29, 0.717) is 22.8 Å². The van der Waals surface area contributed by atoms with Crippen LogP contribution in [0.3, 0.4) is 0 Å². The zero-order chi connectivity index (χ0) is 16.7. The molecule has 0 aliphatic heterocycles. The van der Waals surface area contributed by atoms with Crippen LogP contribution in [-0.4, -0.2) is 49.5 Å². The molecule has 0 saturated carbocycles. The number of hydrogen-bond donors (Lipinski definition) is 3. The fourth-order valence-corrected chi connectivity index (χ4v) is 1.90. The van der Waals surface area contributed by atoms with Crippen LogP contribution < -0.4 is 19.5 Å².